The predicted octanol–water partition coefficient (Wildman–Crippen LogP) is 2.82. The molecule has 0 radical (unpaired) electrons. The lowest BCUT2D eigenvalue weighted by atomic mass is 10.1. The minimum atomic E-state index is -2.17. The molecule has 104 valence electrons. The second-order valence-electron chi connectivity index (χ2n) is 5.68. The number of nitrogens with two attached hydrogens (primary N) is 1. The van der Waals surface area contributed by atoms with E-state index in [-0.39, 0.29) is 10.3 Å². The lowest BCUT2D eigenvalue weighted by Crippen LogP contribution is -2.38. The maximum Gasteiger partial charge on any atom is 0.224 e. The van der Waals surface area contributed by atoms with E-state index in [1.807, 2.05) is 13.1 Å². The molecule has 0 unspecified atom stereocenters. The summed E-state index contributed by atoms with van der Waals surface area (Å²) in [6.07, 6.45) is 3.07. The monoisotopic (exact) mass is 297 g/mol. The molecular formula is C13H20ClN3OSi. The van der Waals surface area contributed by atoms with Gasteiger partial charge in [-0.2, -0.15) is 4.98 Å². The standard InChI is InChI=1S/C13H20ClN3OSi/c1-13(2,19(3,4)18)8-6-5-7-10-9-16-12(14)17-11(10)15/h9,18H,6,8H2,1-4H3,(H2,15,16,17). The van der Waals surface area contributed by atoms with E-state index >= 15 is 0 Å². The summed E-state index contributed by atoms with van der Waals surface area (Å²) in [7, 11) is -2.17. The molecule has 0 saturated carbocycles. The molecule has 0 atom stereocenters. The Morgan fingerprint density at radius 3 is 2.63 bits per heavy atom. The Morgan fingerprint density at radius 1 is 1.47 bits per heavy atom. The number of rotatable bonds is 3. The van der Waals surface area contributed by atoms with Gasteiger partial charge in [0.1, 0.15) is 5.82 Å². The molecule has 0 saturated heterocycles. The summed E-state index contributed by atoms with van der Waals surface area (Å²) in [6, 6.07) is 0. The first-order chi connectivity index (χ1) is 8.63. The van der Waals surface area contributed by atoms with Crippen LogP contribution in [-0.4, -0.2) is 23.1 Å². The third-order valence-corrected chi connectivity index (χ3v) is 7.29. The molecule has 0 aliphatic heterocycles. The van der Waals surface area contributed by atoms with Crippen molar-refractivity contribution in [2.75, 3.05) is 5.73 Å². The Balaban J connectivity index is 2.67. The molecule has 19 heavy (non-hydrogen) atoms. The molecule has 1 aromatic heterocycles. The van der Waals surface area contributed by atoms with Gasteiger partial charge in [-0.1, -0.05) is 25.7 Å². The van der Waals surface area contributed by atoms with Crippen molar-refractivity contribution in [1.82, 2.24) is 9.97 Å². The molecule has 0 fully saturated rings. The van der Waals surface area contributed by atoms with Crippen molar-refractivity contribution < 1.29 is 4.80 Å². The minimum Gasteiger partial charge on any atom is -0.432 e. The zero-order chi connectivity index (χ0) is 14.7. The van der Waals surface area contributed by atoms with Crippen molar-refractivity contribution in [3.05, 3.63) is 17.0 Å². The summed E-state index contributed by atoms with van der Waals surface area (Å²) in [5.74, 6) is 6.28. The fourth-order valence-corrected chi connectivity index (χ4v) is 2.18. The second-order valence-corrected chi connectivity index (χ2v) is 10.5. The Bertz CT molecular complexity index is 515. The van der Waals surface area contributed by atoms with Gasteiger partial charge in [-0.15, -0.1) is 0 Å². The molecule has 4 nitrogen and oxygen atoms in total. The average Bonchev–Trinajstić information content (AvgIpc) is 2.25. The van der Waals surface area contributed by atoms with Crippen LogP contribution in [0.25, 0.3) is 0 Å². The normalized spacial score (nSPS) is 11.9. The molecule has 1 heterocycles. The summed E-state index contributed by atoms with van der Waals surface area (Å²) in [6.45, 7) is 8.07. The van der Waals surface area contributed by atoms with Crippen molar-refractivity contribution in [2.45, 2.75) is 44.8 Å². The zero-order valence-electron chi connectivity index (χ0n) is 11.8. The van der Waals surface area contributed by atoms with E-state index in [0.717, 1.165) is 6.42 Å². The number of nitrogen functional groups attached to an aromatic ring is 1. The molecule has 0 aliphatic carbocycles. The molecule has 0 spiro atoms. The highest BCUT2D eigenvalue weighted by Crippen LogP contribution is 2.39. The van der Waals surface area contributed by atoms with Crippen LogP contribution in [0.1, 0.15) is 32.3 Å². The van der Waals surface area contributed by atoms with Crippen LogP contribution in [0.15, 0.2) is 6.20 Å². The predicted molar refractivity (Wildman–Crippen MR) is 81.3 cm³/mol. The van der Waals surface area contributed by atoms with Crippen molar-refractivity contribution in [1.29, 1.82) is 0 Å². The molecule has 1 aromatic rings. The quantitative estimate of drug-likeness (QED) is 0.511. The Hall–Kier alpha value is -1.09. The largest absolute Gasteiger partial charge is 0.432 e. The van der Waals surface area contributed by atoms with Crippen molar-refractivity contribution in [2.24, 2.45) is 0 Å². The van der Waals surface area contributed by atoms with Crippen LogP contribution in [0.2, 0.25) is 23.4 Å². The minimum absolute atomic E-state index is 0.0658. The lowest BCUT2D eigenvalue weighted by molar-refractivity contribution is 0.454. The van der Waals surface area contributed by atoms with Gasteiger partial charge in [-0.05, 0) is 36.2 Å². The van der Waals surface area contributed by atoms with E-state index in [1.54, 1.807) is 0 Å². The van der Waals surface area contributed by atoms with E-state index in [0.29, 0.717) is 17.8 Å². The van der Waals surface area contributed by atoms with Crippen LogP contribution in [0.5, 0.6) is 0 Å². The van der Waals surface area contributed by atoms with Gasteiger partial charge in [0.2, 0.25) is 5.28 Å². The van der Waals surface area contributed by atoms with Gasteiger partial charge in [-0.25, -0.2) is 4.98 Å². The van der Waals surface area contributed by atoms with E-state index < -0.39 is 8.32 Å². The number of halogens is 1. The Kier molecular flexibility index (Phi) is 4.96. The van der Waals surface area contributed by atoms with Gasteiger partial charge in [0.25, 0.3) is 0 Å². The van der Waals surface area contributed by atoms with E-state index in [2.05, 4.69) is 35.7 Å². The molecule has 3 N–H and O–H groups in total. The highest BCUT2D eigenvalue weighted by molar-refractivity contribution is 6.72. The SMILES string of the molecule is CC(C)(CCC#Cc1cnc(Cl)nc1N)[Si](C)(C)O. The Morgan fingerprint density at radius 2 is 2.11 bits per heavy atom. The van der Waals surface area contributed by atoms with Crippen molar-refractivity contribution in [3.63, 3.8) is 0 Å². The molecule has 0 amide bonds. The maximum atomic E-state index is 10.2. The number of hydrogen-bond donors (Lipinski definition) is 2. The smallest absolute Gasteiger partial charge is 0.224 e. The molecule has 0 aliphatic rings. The van der Waals surface area contributed by atoms with Gasteiger partial charge in [-0.3, -0.25) is 0 Å². The van der Waals surface area contributed by atoms with Crippen molar-refractivity contribution in [3.8, 4) is 11.8 Å². The molecular weight excluding hydrogens is 278 g/mol. The summed E-state index contributed by atoms with van der Waals surface area (Å²) < 4.78 is 0. The van der Waals surface area contributed by atoms with Crippen molar-refractivity contribution >= 4 is 25.7 Å². The van der Waals surface area contributed by atoms with Gasteiger partial charge >= 0.3 is 0 Å². The van der Waals surface area contributed by atoms with E-state index in [4.69, 9.17) is 17.3 Å². The molecule has 6 heteroatoms. The average molecular weight is 298 g/mol. The fraction of sp³-hybridized carbons (Fsp3) is 0.538. The van der Waals surface area contributed by atoms with Crippen LogP contribution < -0.4 is 5.73 Å². The number of nitrogens with zero attached hydrogens (tertiary/aromatic N) is 2. The highest BCUT2D eigenvalue weighted by Gasteiger charge is 2.37. The van der Waals surface area contributed by atoms with Gasteiger partial charge in [0, 0.05) is 12.6 Å². The molecule has 1 rings (SSSR count). The van der Waals surface area contributed by atoms with E-state index in [1.165, 1.54) is 6.20 Å². The Labute approximate surface area is 120 Å². The van der Waals surface area contributed by atoms with Gasteiger partial charge in [0.15, 0.2) is 8.32 Å². The third kappa shape index (κ3) is 4.50. The molecule has 0 aromatic carbocycles. The first-order valence-corrected chi connectivity index (χ1v) is 9.45. The number of aromatic nitrogens is 2. The first-order valence-electron chi connectivity index (χ1n) is 6.13. The third-order valence-electron chi connectivity index (χ3n) is 3.54. The van der Waals surface area contributed by atoms with Crippen LogP contribution in [0, 0.1) is 11.8 Å². The summed E-state index contributed by atoms with van der Waals surface area (Å²) >= 11 is 5.61. The number of anilines is 1. The summed E-state index contributed by atoms with van der Waals surface area (Å²) in [5, 5.41) is 0.0567. The second kappa shape index (κ2) is 5.91. The first kappa shape index (κ1) is 16.0. The van der Waals surface area contributed by atoms with Crippen LogP contribution in [0.3, 0.4) is 0 Å². The summed E-state index contributed by atoms with van der Waals surface area (Å²) in [4.78, 5) is 17.9. The summed E-state index contributed by atoms with van der Waals surface area (Å²) in [5.41, 5.74) is 6.27. The fourth-order valence-electron chi connectivity index (χ4n) is 1.31. The van der Waals surface area contributed by atoms with Crippen LogP contribution >= 0.6 is 11.6 Å². The molecule has 0 bridgehead atoms. The van der Waals surface area contributed by atoms with Crippen LogP contribution in [0.4, 0.5) is 5.82 Å². The van der Waals surface area contributed by atoms with Gasteiger partial charge < -0.3 is 10.5 Å². The highest BCUT2D eigenvalue weighted by atomic mass is 35.5. The van der Waals surface area contributed by atoms with Gasteiger partial charge in [0.05, 0.1) is 5.56 Å². The lowest BCUT2D eigenvalue weighted by Gasteiger charge is -2.34. The topological polar surface area (TPSA) is 72.0 Å². The number of hydrogen-bond acceptors (Lipinski definition) is 4. The zero-order valence-corrected chi connectivity index (χ0v) is 13.5. The van der Waals surface area contributed by atoms with E-state index in [9.17, 15) is 4.80 Å². The van der Waals surface area contributed by atoms with Crippen LogP contribution in [-0.2, 0) is 0 Å². The maximum absolute atomic E-state index is 10.2.